The van der Waals surface area contributed by atoms with Crippen molar-refractivity contribution in [2.45, 2.75) is 13.0 Å². The van der Waals surface area contributed by atoms with Crippen LogP contribution in [0.5, 0.6) is 5.75 Å². The molecule has 7 nitrogen and oxygen atoms in total. The number of thioether (sulfide) groups is 1. The van der Waals surface area contributed by atoms with E-state index >= 15 is 0 Å². The number of esters is 1. The molecule has 2 heterocycles. The van der Waals surface area contributed by atoms with Crippen LogP contribution in [0.1, 0.15) is 18.5 Å². The molecule has 0 aromatic heterocycles. The van der Waals surface area contributed by atoms with Crippen molar-refractivity contribution in [3.63, 3.8) is 0 Å². The maximum Gasteiger partial charge on any atom is 0.338 e. The van der Waals surface area contributed by atoms with E-state index in [9.17, 15) is 9.59 Å². The van der Waals surface area contributed by atoms with Gasteiger partial charge in [-0.1, -0.05) is 18.2 Å². The first kappa shape index (κ1) is 19.6. The van der Waals surface area contributed by atoms with Gasteiger partial charge in [-0.05, 0) is 13.0 Å². The van der Waals surface area contributed by atoms with Gasteiger partial charge in [0.25, 0.3) is 0 Å². The summed E-state index contributed by atoms with van der Waals surface area (Å²) in [4.78, 5) is 26.5. The third-order valence-corrected chi connectivity index (χ3v) is 5.71. The SMILES string of the molecule is CCOC(=O)C1=C(C[NH+]2CCSCC2)NC(=O)N[C@H]1c1ccccc1OC. The molecule has 1 aromatic rings. The molecule has 8 heteroatoms. The minimum absolute atomic E-state index is 0.273. The topological polar surface area (TPSA) is 81.1 Å². The van der Waals surface area contributed by atoms with Crippen LogP contribution < -0.4 is 20.3 Å². The number of urea groups is 1. The van der Waals surface area contributed by atoms with Gasteiger partial charge in [0.2, 0.25) is 0 Å². The Kier molecular flexibility index (Phi) is 6.63. The molecule has 2 aliphatic rings. The average Bonchev–Trinajstić information content (AvgIpc) is 2.68. The van der Waals surface area contributed by atoms with Crippen LogP contribution in [-0.2, 0) is 9.53 Å². The zero-order valence-electron chi connectivity index (χ0n) is 15.7. The molecule has 2 amide bonds. The van der Waals surface area contributed by atoms with Crippen LogP contribution in [0.4, 0.5) is 4.79 Å². The monoisotopic (exact) mass is 392 g/mol. The van der Waals surface area contributed by atoms with Gasteiger partial charge in [0.1, 0.15) is 12.3 Å². The number of para-hydroxylation sites is 1. The smallest absolute Gasteiger partial charge is 0.338 e. The number of nitrogens with one attached hydrogen (secondary N) is 3. The maximum absolute atomic E-state index is 12.8. The second-order valence-electron chi connectivity index (χ2n) is 6.43. The van der Waals surface area contributed by atoms with Gasteiger partial charge in [0.15, 0.2) is 0 Å². The number of ether oxygens (including phenoxy) is 2. The summed E-state index contributed by atoms with van der Waals surface area (Å²) in [5.41, 5.74) is 1.82. The van der Waals surface area contributed by atoms with E-state index in [1.54, 1.807) is 14.0 Å². The lowest BCUT2D eigenvalue weighted by Crippen LogP contribution is -3.14. The highest BCUT2D eigenvalue weighted by molar-refractivity contribution is 7.99. The lowest BCUT2D eigenvalue weighted by Gasteiger charge is -2.32. The molecule has 3 rings (SSSR count). The van der Waals surface area contributed by atoms with Crippen molar-refractivity contribution in [1.29, 1.82) is 0 Å². The fourth-order valence-corrected chi connectivity index (χ4v) is 4.50. The number of amides is 2. The minimum atomic E-state index is -0.609. The van der Waals surface area contributed by atoms with Crippen molar-refractivity contribution in [3.8, 4) is 5.75 Å². The average molecular weight is 393 g/mol. The van der Waals surface area contributed by atoms with Crippen molar-refractivity contribution in [2.75, 3.05) is 44.9 Å². The van der Waals surface area contributed by atoms with Crippen molar-refractivity contribution < 1.29 is 24.0 Å². The van der Waals surface area contributed by atoms with Crippen LogP contribution in [0, 0.1) is 0 Å². The van der Waals surface area contributed by atoms with Gasteiger partial charge in [0.05, 0.1) is 44.1 Å². The molecule has 0 saturated carbocycles. The van der Waals surface area contributed by atoms with Crippen molar-refractivity contribution in [1.82, 2.24) is 10.6 Å². The Labute approximate surface area is 163 Å². The van der Waals surface area contributed by atoms with Gasteiger partial charge in [-0.15, -0.1) is 0 Å². The van der Waals surface area contributed by atoms with Crippen LogP contribution in [-0.4, -0.2) is 56.9 Å². The molecule has 1 fully saturated rings. The predicted molar refractivity (Wildman–Crippen MR) is 104 cm³/mol. The molecule has 146 valence electrons. The van der Waals surface area contributed by atoms with E-state index in [-0.39, 0.29) is 12.6 Å². The fraction of sp³-hybridized carbons (Fsp3) is 0.474. The first-order chi connectivity index (χ1) is 13.1. The molecule has 2 aliphatic heterocycles. The van der Waals surface area contributed by atoms with Crippen molar-refractivity contribution in [2.24, 2.45) is 0 Å². The number of rotatable bonds is 6. The molecular formula is C19H26N3O4S+. The molecular weight excluding hydrogens is 366 g/mol. The van der Waals surface area contributed by atoms with E-state index < -0.39 is 12.0 Å². The van der Waals surface area contributed by atoms with Crippen molar-refractivity contribution in [3.05, 3.63) is 41.1 Å². The Morgan fingerprint density at radius 1 is 1.30 bits per heavy atom. The summed E-state index contributed by atoms with van der Waals surface area (Å²) >= 11 is 1.93. The minimum Gasteiger partial charge on any atom is -0.496 e. The molecule has 1 atom stereocenters. The van der Waals surface area contributed by atoms with Crippen LogP contribution in [0.15, 0.2) is 35.5 Å². The molecule has 3 N–H and O–H groups in total. The first-order valence-electron chi connectivity index (χ1n) is 9.16. The highest BCUT2D eigenvalue weighted by Crippen LogP contribution is 2.33. The normalized spacial score (nSPS) is 20.7. The van der Waals surface area contributed by atoms with E-state index in [1.165, 1.54) is 4.90 Å². The highest BCUT2D eigenvalue weighted by Gasteiger charge is 2.36. The molecule has 0 radical (unpaired) electrons. The molecule has 0 aliphatic carbocycles. The molecule has 27 heavy (non-hydrogen) atoms. The standard InChI is InChI=1S/C19H25N3O4S/c1-3-26-18(23)16-14(12-22-8-10-27-11-9-22)20-19(24)21-17(16)13-6-4-5-7-15(13)25-2/h4-7,17H,3,8-12H2,1-2H3,(H2,20,21,24)/p+1/t17-/m0/s1. The Balaban J connectivity index is 2.02. The van der Waals surface area contributed by atoms with Crippen LogP contribution in [0.25, 0.3) is 0 Å². The van der Waals surface area contributed by atoms with E-state index in [2.05, 4.69) is 10.6 Å². The fourth-order valence-electron chi connectivity index (χ4n) is 3.43. The zero-order chi connectivity index (χ0) is 19.2. The van der Waals surface area contributed by atoms with Crippen LogP contribution in [0.2, 0.25) is 0 Å². The Morgan fingerprint density at radius 3 is 2.74 bits per heavy atom. The number of methoxy groups -OCH3 is 1. The molecule has 1 aromatic carbocycles. The summed E-state index contributed by atoms with van der Waals surface area (Å²) < 4.78 is 10.8. The van der Waals surface area contributed by atoms with E-state index in [0.29, 0.717) is 23.6 Å². The third kappa shape index (κ3) is 4.56. The van der Waals surface area contributed by atoms with Gasteiger partial charge in [-0.2, -0.15) is 11.8 Å². The highest BCUT2D eigenvalue weighted by atomic mass is 32.2. The number of benzene rings is 1. The Bertz CT molecular complexity index is 731. The summed E-state index contributed by atoms with van der Waals surface area (Å²) in [6.07, 6.45) is 0. The van der Waals surface area contributed by atoms with E-state index in [0.717, 1.165) is 30.2 Å². The second kappa shape index (κ2) is 9.14. The number of carbonyl (C=O) groups excluding carboxylic acids is 2. The second-order valence-corrected chi connectivity index (χ2v) is 7.65. The summed E-state index contributed by atoms with van der Waals surface area (Å²) in [6, 6.07) is 6.47. The largest absolute Gasteiger partial charge is 0.496 e. The number of quaternary nitrogens is 1. The Morgan fingerprint density at radius 2 is 2.04 bits per heavy atom. The van der Waals surface area contributed by atoms with Crippen molar-refractivity contribution >= 4 is 23.8 Å². The predicted octanol–water partition coefficient (Wildman–Crippen LogP) is 0.498. The molecule has 1 saturated heterocycles. The quantitative estimate of drug-likeness (QED) is 0.615. The number of carbonyl (C=O) groups is 2. The number of hydrogen-bond acceptors (Lipinski definition) is 5. The zero-order valence-corrected chi connectivity index (χ0v) is 16.5. The lowest BCUT2D eigenvalue weighted by atomic mass is 9.94. The lowest BCUT2D eigenvalue weighted by molar-refractivity contribution is -0.891. The maximum atomic E-state index is 12.8. The van der Waals surface area contributed by atoms with E-state index in [1.807, 2.05) is 36.0 Å². The molecule has 0 bridgehead atoms. The molecule has 0 unspecified atom stereocenters. The van der Waals surface area contributed by atoms with Gasteiger partial charge in [-0.25, -0.2) is 9.59 Å². The summed E-state index contributed by atoms with van der Waals surface area (Å²) in [6.45, 7) is 4.65. The van der Waals surface area contributed by atoms with Gasteiger partial charge in [-0.3, -0.25) is 0 Å². The Hall–Kier alpha value is -2.19. The number of hydrogen-bond donors (Lipinski definition) is 3. The van der Waals surface area contributed by atoms with Crippen LogP contribution >= 0.6 is 11.8 Å². The van der Waals surface area contributed by atoms with Gasteiger partial charge < -0.3 is 25.0 Å². The summed E-state index contributed by atoms with van der Waals surface area (Å²) in [7, 11) is 1.58. The molecule has 0 spiro atoms. The van der Waals surface area contributed by atoms with E-state index in [4.69, 9.17) is 9.47 Å². The van der Waals surface area contributed by atoms with Gasteiger partial charge in [0, 0.05) is 17.1 Å². The van der Waals surface area contributed by atoms with Gasteiger partial charge >= 0.3 is 12.0 Å². The summed E-state index contributed by atoms with van der Waals surface area (Å²) in [5.74, 6) is 2.37. The third-order valence-electron chi connectivity index (χ3n) is 4.73. The van der Waals surface area contributed by atoms with Crippen LogP contribution in [0.3, 0.4) is 0 Å². The summed E-state index contributed by atoms with van der Waals surface area (Å²) in [5, 5.41) is 5.71. The first-order valence-corrected chi connectivity index (χ1v) is 10.3.